The van der Waals surface area contributed by atoms with Gasteiger partial charge in [0.2, 0.25) is 10.0 Å². The number of rotatable bonds is 7. The third kappa shape index (κ3) is 5.62. The van der Waals surface area contributed by atoms with Gasteiger partial charge in [-0.15, -0.1) is 0 Å². The first kappa shape index (κ1) is 25.7. The maximum atomic E-state index is 12.5. The summed E-state index contributed by atoms with van der Waals surface area (Å²) in [5, 5.41) is 8.54. The van der Waals surface area contributed by atoms with Gasteiger partial charge in [0.15, 0.2) is 5.65 Å². The molecule has 0 aliphatic rings. The summed E-state index contributed by atoms with van der Waals surface area (Å²) in [4.78, 5) is 4.68. The summed E-state index contributed by atoms with van der Waals surface area (Å²) in [5.74, 6) is 0.629. The van der Waals surface area contributed by atoms with Gasteiger partial charge in [-0.1, -0.05) is 60.4 Å². The predicted octanol–water partition coefficient (Wildman–Crippen LogP) is 6.15. The lowest BCUT2D eigenvalue weighted by molar-refractivity contribution is 0.583. The number of hydrogen-bond donors (Lipinski definition) is 2. The van der Waals surface area contributed by atoms with Crippen LogP contribution in [0.1, 0.15) is 7.43 Å². The molecule has 4 aromatic rings. The van der Waals surface area contributed by atoms with Crippen LogP contribution in [-0.2, 0) is 10.0 Å². The second kappa shape index (κ2) is 10.6. The lowest BCUT2D eigenvalue weighted by Gasteiger charge is -2.12. The second-order valence-electron chi connectivity index (χ2n) is 6.63. The number of benzene rings is 2. The maximum Gasteiger partial charge on any atom is 0.240 e. The summed E-state index contributed by atoms with van der Waals surface area (Å²) in [5.41, 5.74) is 2.03. The van der Waals surface area contributed by atoms with Crippen LogP contribution in [0.15, 0.2) is 64.1 Å². The van der Waals surface area contributed by atoms with Crippen molar-refractivity contribution in [3.63, 3.8) is 0 Å². The summed E-state index contributed by atoms with van der Waals surface area (Å²) in [6, 6.07) is 13.3. The molecule has 0 fully saturated rings. The molecule has 12 heteroatoms. The first-order valence-electron chi connectivity index (χ1n) is 9.24. The fourth-order valence-corrected chi connectivity index (χ4v) is 4.97. The van der Waals surface area contributed by atoms with Crippen molar-refractivity contribution in [1.82, 2.24) is 19.3 Å². The van der Waals surface area contributed by atoms with Crippen LogP contribution in [0.4, 0.5) is 5.82 Å². The third-order valence-electron chi connectivity index (χ3n) is 4.50. The molecule has 0 saturated carbocycles. The number of nitrogens with zero attached hydrogens (tertiary/aromatic N) is 3. The van der Waals surface area contributed by atoms with Crippen LogP contribution in [0.25, 0.3) is 16.9 Å². The number of anilines is 1. The Morgan fingerprint density at radius 1 is 0.970 bits per heavy atom. The molecule has 4 rings (SSSR count). The molecule has 2 aromatic heterocycles. The van der Waals surface area contributed by atoms with Gasteiger partial charge in [0, 0.05) is 29.7 Å². The highest BCUT2D eigenvalue weighted by Crippen LogP contribution is 2.30. The van der Waals surface area contributed by atoms with Crippen molar-refractivity contribution in [2.45, 2.75) is 12.3 Å². The molecule has 0 amide bonds. The molecule has 0 unspecified atom stereocenters. The zero-order valence-corrected chi connectivity index (χ0v) is 20.9. The number of nitrogens with one attached hydrogen (secondary N) is 2. The monoisotopic (exact) mass is 589 g/mol. The Balaban J connectivity index is 0.00000306. The highest BCUT2D eigenvalue weighted by atomic mass is 79.9. The zero-order chi connectivity index (χ0) is 22.9. The molecule has 2 N–H and O–H groups in total. The first-order chi connectivity index (χ1) is 15.3. The number of hydrogen-bond acceptors (Lipinski definition) is 5. The van der Waals surface area contributed by atoms with E-state index in [2.05, 4.69) is 36.1 Å². The summed E-state index contributed by atoms with van der Waals surface area (Å²) in [6.45, 7) is 0.412. The molecular weight excluding hydrogens is 573 g/mol. The Bertz CT molecular complexity index is 1410. The van der Waals surface area contributed by atoms with Crippen molar-refractivity contribution in [2.75, 3.05) is 18.4 Å². The van der Waals surface area contributed by atoms with Crippen molar-refractivity contribution < 1.29 is 8.42 Å². The minimum atomic E-state index is -3.74. The minimum absolute atomic E-state index is 0. The average molecular weight is 592 g/mol. The number of halogens is 4. The van der Waals surface area contributed by atoms with E-state index in [1.54, 1.807) is 22.8 Å². The van der Waals surface area contributed by atoms with Crippen molar-refractivity contribution in [3.05, 3.63) is 74.3 Å². The quantitative estimate of drug-likeness (QED) is 0.252. The van der Waals surface area contributed by atoms with Gasteiger partial charge in [-0.3, -0.25) is 0 Å². The second-order valence-corrected chi connectivity index (χ2v) is 10.5. The van der Waals surface area contributed by atoms with Crippen LogP contribution in [-0.4, -0.2) is 36.1 Å². The van der Waals surface area contributed by atoms with Gasteiger partial charge < -0.3 is 5.32 Å². The van der Waals surface area contributed by atoms with Crippen LogP contribution < -0.4 is 10.0 Å². The average Bonchev–Trinajstić information content (AvgIpc) is 3.14. The molecule has 0 spiro atoms. The van der Waals surface area contributed by atoms with E-state index in [9.17, 15) is 8.42 Å². The lowest BCUT2D eigenvalue weighted by Crippen LogP contribution is -2.29. The molecule has 2 aromatic carbocycles. The fourth-order valence-electron chi connectivity index (χ4n) is 2.97. The van der Waals surface area contributed by atoms with Crippen LogP contribution in [0, 0.1) is 0 Å². The van der Waals surface area contributed by atoms with E-state index in [0.717, 1.165) is 10.0 Å². The summed E-state index contributed by atoms with van der Waals surface area (Å²) >= 11 is 21.6. The van der Waals surface area contributed by atoms with E-state index in [0.29, 0.717) is 28.7 Å². The van der Waals surface area contributed by atoms with Gasteiger partial charge in [0.25, 0.3) is 0 Å². The van der Waals surface area contributed by atoms with E-state index in [1.165, 1.54) is 18.2 Å². The normalized spacial score (nSPS) is 11.4. The topological polar surface area (TPSA) is 88.4 Å². The molecule has 0 saturated heterocycles. The molecule has 2 heterocycles. The van der Waals surface area contributed by atoms with E-state index in [1.807, 2.05) is 18.2 Å². The van der Waals surface area contributed by atoms with Gasteiger partial charge in [-0.2, -0.15) is 9.61 Å². The summed E-state index contributed by atoms with van der Waals surface area (Å²) in [6.07, 6.45) is 1.64. The number of fused-ring (bicyclic) bond motifs is 1. The Hall–Kier alpha value is -1.88. The SMILES string of the molecule is C.O=S(=O)(NCCNc1cc(-c2ccccc2Cl)nc2c(Br)cnn12)c1ccc(Cl)c(Cl)c1. The molecule has 0 aliphatic carbocycles. The van der Waals surface area contributed by atoms with Gasteiger partial charge in [0.1, 0.15) is 5.82 Å². The minimum Gasteiger partial charge on any atom is -0.369 e. The number of aromatic nitrogens is 3. The highest BCUT2D eigenvalue weighted by Gasteiger charge is 2.16. The van der Waals surface area contributed by atoms with E-state index in [-0.39, 0.29) is 28.9 Å². The molecule has 0 atom stereocenters. The Kier molecular flexibility index (Phi) is 8.26. The van der Waals surface area contributed by atoms with E-state index >= 15 is 0 Å². The Morgan fingerprint density at radius 2 is 1.73 bits per heavy atom. The molecule has 0 radical (unpaired) electrons. The predicted molar refractivity (Wildman–Crippen MR) is 138 cm³/mol. The lowest BCUT2D eigenvalue weighted by atomic mass is 10.1. The van der Waals surface area contributed by atoms with Crippen molar-refractivity contribution in [2.24, 2.45) is 0 Å². The van der Waals surface area contributed by atoms with Crippen LogP contribution in [0.2, 0.25) is 15.1 Å². The highest BCUT2D eigenvalue weighted by molar-refractivity contribution is 9.10. The molecule has 33 heavy (non-hydrogen) atoms. The van der Waals surface area contributed by atoms with Gasteiger partial charge in [0.05, 0.1) is 31.3 Å². The van der Waals surface area contributed by atoms with Gasteiger partial charge in [-0.25, -0.2) is 18.1 Å². The largest absolute Gasteiger partial charge is 0.369 e. The van der Waals surface area contributed by atoms with Gasteiger partial charge in [-0.05, 0) is 40.2 Å². The molecule has 0 aliphatic heterocycles. The van der Waals surface area contributed by atoms with Crippen LogP contribution in [0.5, 0.6) is 0 Å². The fraction of sp³-hybridized carbons (Fsp3) is 0.143. The summed E-state index contributed by atoms with van der Waals surface area (Å²) in [7, 11) is -3.74. The Labute approximate surface area is 215 Å². The van der Waals surface area contributed by atoms with E-state index in [4.69, 9.17) is 34.8 Å². The molecule has 7 nitrogen and oxygen atoms in total. The van der Waals surface area contributed by atoms with E-state index < -0.39 is 10.0 Å². The summed E-state index contributed by atoms with van der Waals surface area (Å²) < 4.78 is 29.9. The van der Waals surface area contributed by atoms with Crippen molar-refractivity contribution in [3.8, 4) is 11.3 Å². The smallest absolute Gasteiger partial charge is 0.240 e. The van der Waals surface area contributed by atoms with Gasteiger partial charge >= 0.3 is 0 Å². The Morgan fingerprint density at radius 3 is 2.45 bits per heavy atom. The molecule has 0 bridgehead atoms. The first-order valence-corrected chi connectivity index (χ1v) is 12.6. The number of sulfonamides is 1. The molecule has 174 valence electrons. The third-order valence-corrected chi connectivity index (χ3v) is 7.59. The van der Waals surface area contributed by atoms with Crippen LogP contribution >= 0.6 is 50.7 Å². The van der Waals surface area contributed by atoms with Crippen molar-refractivity contribution >= 4 is 72.2 Å². The molecular formula is C21H19BrCl3N5O2S. The maximum absolute atomic E-state index is 12.5. The van der Waals surface area contributed by atoms with Crippen LogP contribution in [0.3, 0.4) is 0 Å². The van der Waals surface area contributed by atoms with Crippen molar-refractivity contribution in [1.29, 1.82) is 0 Å². The zero-order valence-electron chi connectivity index (χ0n) is 16.2. The standard InChI is InChI=1S/C20H15BrCl3N5O2S.CH4/c21-14-11-26-29-19(10-18(28-20(14)29)13-3-1-2-4-15(13)22)25-7-8-27-32(30,31)12-5-6-16(23)17(24)9-12;/h1-6,9-11,25,27H,7-8H2;1H4.